The van der Waals surface area contributed by atoms with Crippen LogP contribution >= 0.6 is 0 Å². The van der Waals surface area contributed by atoms with E-state index in [0.29, 0.717) is 11.7 Å². The molecule has 0 unspecified atom stereocenters. The minimum atomic E-state index is -0.564. The molecule has 0 fully saturated rings. The maximum atomic E-state index is 12.6. The molecule has 0 aliphatic heterocycles. The molecule has 1 N–H and O–H groups in total. The Morgan fingerprint density at radius 3 is 2.08 bits per heavy atom. The third-order valence-corrected chi connectivity index (χ3v) is 4.24. The molecule has 0 aromatic heterocycles. The Labute approximate surface area is 156 Å². The minimum Gasteiger partial charge on any atom is -0.497 e. The van der Waals surface area contributed by atoms with Crippen LogP contribution < -0.4 is 14.8 Å². The van der Waals surface area contributed by atoms with Gasteiger partial charge in [-0.3, -0.25) is 4.79 Å². The minimum absolute atomic E-state index is 0.0579. The normalized spacial score (nSPS) is 13.2. The molecule has 2 aromatic rings. The van der Waals surface area contributed by atoms with Gasteiger partial charge in [0.05, 0.1) is 13.2 Å². The Morgan fingerprint density at radius 2 is 1.54 bits per heavy atom. The van der Waals surface area contributed by atoms with Gasteiger partial charge in [-0.2, -0.15) is 0 Å². The summed E-state index contributed by atoms with van der Waals surface area (Å²) in [7, 11) is 1.65. The quantitative estimate of drug-likeness (QED) is 0.748. The first-order chi connectivity index (χ1) is 12.4. The van der Waals surface area contributed by atoms with Crippen LogP contribution in [-0.4, -0.2) is 19.1 Å². The van der Waals surface area contributed by atoms with E-state index in [-0.39, 0.29) is 11.9 Å². The maximum absolute atomic E-state index is 12.6. The van der Waals surface area contributed by atoms with E-state index in [4.69, 9.17) is 9.47 Å². The Bertz CT molecular complexity index is 692. The van der Waals surface area contributed by atoms with E-state index in [1.165, 1.54) is 0 Å². The van der Waals surface area contributed by atoms with Gasteiger partial charge in [0.25, 0.3) is 5.91 Å². The zero-order valence-corrected chi connectivity index (χ0v) is 16.3. The van der Waals surface area contributed by atoms with Gasteiger partial charge in [0.1, 0.15) is 11.5 Å². The second-order valence-electron chi connectivity index (χ2n) is 7.04. The molecule has 0 heterocycles. The molecular formula is C22H29NO3. The number of carbonyl (C=O) groups excluding carboxylic acids is 1. The van der Waals surface area contributed by atoms with Gasteiger partial charge in [-0.15, -0.1) is 0 Å². The number of benzene rings is 2. The van der Waals surface area contributed by atoms with Gasteiger partial charge in [-0.05, 0) is 56.0 Å². The Kier molecular flexibility index (Phi) is 7.07. The third-order valence-electron chi connectivity index (χ3n) is 4.24. The van der Waals surface area contributed by atoms with E-state index >= 15 is 0 Å². The summed E-state index contributed by atoms with van der Waals surface area (Å²) in [6.45, 7) is 8.09. The molecule has 2 rings (SSSR count). The van der Waals surface area contributed by atoms with Crippen molar-refractivity contribution in [1.82, 2.24) is 5.32 Å². The molecule has 0 aliphatic rings. The maximum Gasteiger partial charge on any atom is 0.261 e. The zero-order chi connectivity index (χ0) is 19.1. The van der Waals surface area contributed by atoms with E-state index in [9.17, 15) is 4.79 Å². The van der Waals surface area contributed by atoms with E-state index in [0.717, 1.165) is 23.3 Å². The molecule has 0 bridgehead atoms. The molecule has 4 nitrogen and oxygen atoms in total. The van der Waals surface area contributed by atoms with Crippen molar-refractivity contribution in [3.05, 3.63) is 59.7 Å². The summed E-state index contributed by atoms with van der Waals surface area (Å²) in [6.07, 6.45) is 0.292. The number of rotatable bonds is 8. The number of aryl methyl sites for hydroxylation is 1. The summed E-state index contributed by atoms with van der Waals surface area (Å²) in [5.41, 5.74) is 2.22. The fourth-order valence-electron chi connectivity index (χ4n) is 2.75. The second kappa shape index (κ2) is 9.27. The average molecular weight is 355 g/mol. The lowest BCUT2D eigenvalue weighted by Crippen LogP contribution is -2.39. The number of methoxy groups -OCH3 is 1. The van der Waals surface area contributed by atoms with Crippen LogP contribution in [0, 0.1) is 12.8 Å². The summed E-state index contributed by atoms with van der Waals surface area (Å²) >= 11 is 0. The highest BCUT2D eigenvalue weighted by molar-refractivity contribution is 5.81. The molecule has 1 amide bonds. The summed E-state index contributed by atoms with van der Waals surface area (Å²) in [5, 5.41) is 3.13. The topological polar surface area (TPSA) is 47.6 Å². The van der Waals surface area contributed by atoms with Crippen LogP contribution in [0.15, 0.2) is 48.5 Å². The predicted molar refractivity (Wildman–Crippen MR) is 105 cm³/mol. The van der Waals surface area contributed by atoms with Crippen molar-refractivity contribution in [2.45, 2.75) is 46.3 Å². The first-order valence-electron chi connectivity index (χ1n) is 9.06. The Balaban J connectivity index is 2.05. The van der Waals surface area contributed by atoms with Crippen molar-refractivity contribution in [2.75, 3.05) is 7.11 Å². The van der Waals surface area contributed by atoms with Gasteiger partial charge in [0.15, 0.2) is 6.10 Å². The van der Waals surface area contributed by atoms with Gasteiger partial charge in [-0.25, -0.2) is 0 Å². The van der Waals surface area contributed by atoms with Crippen molar-refractivity contribution in [3.8, 4) is 11.5 Å². The van der Waals surface area contributed by atoms with Crippen LogP contribution in [0.5, 0.6) is 11.5 Å². The number of ether oxygens (including phenoxy) is 2. The molecule has 2 aromatic carbocycles. The van der Waals surface area contributed by atoms with Crippen LogP contribution in [0.1, 0.15) is 44.4 Å². The van der Waals surface area contributed by atoms with Crippen LogP contribution in [0.4, 0.5) is 0 Å². The molecular weight excluding hydrogens is 326 g/mol. The zero-order valence-electron chi connectivity index (χ0n) is 16.3. The lowest BCUT2D eigenvalue weighted by Gasteiger charge is -2.24. The number of nitrogens with one attached hydrogen (secondary N) is 1. The summed E-state index contributed by atoms with van der Waals surface area (Å²) in [5.74, 6) is 1.84. The standard InChI is InChI=1S/C22H29NO3/c1-15(2)14-21(18-8-12-19(25-5)13-9-18)23-22(24)17(4)26-20-10-6-16(3)7-11-20/h6-13,15,17,21H,14H2,1-5H3,(H,23,24)/t17-,21+/m0/s1. The first kappa shape index (κ1) is 19.8. The van der Waals surface area contributed by atoms with Crippen LogP contribution in [0.25, 0.3) is 0 Å². The Morgan fingerprint density at radius 1 is 0.962 bits per heavy atom. The molecule has 26 heavy (non-hydrogen) atoms. The van der Waals surface area contributed by atoms with Crippen LogP contribution in [-0.2, 0) is 4.79 Å². The molecule has 4 heteroatoms. The van der Waals surface area contributed by atoms with Crippen molar-refractivity contribution in [1.29, 1.82) is 0 Å². The lowest BCUT2D eigenvalue weighted by molar-refractivity contribution is -0.128. The number of hydrogen-bond donors (Lipinski definition) is 1. The van der Waals surface area contributed by atoms with Crippen molar-refractivity contribution in [3.63, 3.8) is 0 Å². The highest BCUT2D eigenvalue weighted by Crippen LogP contribution is 2.24. The van der Waals surface area contributed by atoms with Gasteiger partial charge in [0.2, 0.25) is 0 Å². The van der Waals surface area contributed by atoms with E-state index in [1.54, 1.807) is 14.0 Å². The second-order valence-corrected chi connectivity index (χ2v) is 7.04. The van der Waals surface area contributed by atoms with Crippen LogP contribution in [0.2, 0.25) is 0 Å². The van der Waals surface area contributed by atoms with Crippen molar-refractivity contribution < 1.29 is 14.3 Å². The average Bonchev–Trinajstić information content (AvgIpc) is 2.62. The molecule has 2 atom stereocenters. The van der Waals surface area contributed by atoms with Gasteiger partial charge in [-0.1, -0.05) is 43.7 Å². The number of amides is 1. The van der Waals surface area contributed by atoms with E-state index in [1.807, 2.05) is 55.5 Å². The number of hydrogen-bond acceptors (Lipinski definition) is 3. The summed E-state index contributed by atoms with van der Waals surface area (Å²) in [4.78, 5) is 12.6. The highest BCUT2D eigenvalue weighted by atomic mass is 16.5. The lowest BCUT2D eigenvalue weighted by atomic mass is 9.96. The predicted octanol–water partition coefficient (Wildman–Crippen LogP) is 4.67. The smallest absolute Gasteiger partial charge is 0.261 e. The third kappa shape index (κ3) is 5.80. The molecule has 0 saturated carbocycles. The SMILES string of the molecule is COc1ccc([C@@H](CC(C)C)NC(=O)[C@H](C)Oc2ccc(C)cc2)cc1. The fraction of sp³-hybridized carbons (Fsp3) is 0.409. The van der Waals surface area contributed by atoms with Crippen molar-refractivity contribution in [2.24, 2.45) is 5.92 Å². The van der Waals surface area contributed by atoms with Crippen LogP contribution in [0.3, 0.4) is 0 Å². The van der Waals surface area contributed by atoms with Gasteiger partial charge >= 0.3 is 0 Å². The van der Waals surface area contributed by atoms with E-state index in [2.05, 4.69) is 19.2 Å². The number of carbonyl (C=O) groups is 1. The molecule has 0 radical (unpaired) electrons. The van der Waals surface area contributed by atoms with Crippen molar-refractivity contribution >= 4 is 5.91 Å². The molecule has 0 spiro atoms. The molecule has 0 saturated heterocycles. The molecule has 140 valence electrons. The monoisotopic (exact) mass is 355 g/mol. The first-order valence-corrected chi connectivity index (χ1v) is 9.06. The Hall–Kier alpha value is -2.49. The summed E-state index contributed by atoms with van der Waals surface area (Å²) in [6, 6.07) is 15.5. The van der Waals surface area contributed by atoms with Gasteiger partial charge < -0.3 is 14.8 Å². The molecule has 0 aliphatic carbocycles. The summed E-state index contributed by atoms with van der Waals surface area (Å²) < 4.78 is 11.0. The highest BCUT2D eigenvalue weighted by Gasteiger charge is 2.21. The van der Waals surface area contributed by atoms with E-state index < -0.39 is 6.10 Å². The fourth-order valence-corrected chi connectivity index (χ4v) is 2.75. The largest absolute Gasteiger partial charge is 0.497 e. The van der Waals surface area contributed by atoms with Gasteiger partial charge in [0, 0.05) is 0 Å².